The fourth-order valence-electron chi connectivity index (χ4n) is 2.77. The number of anilines is 1. The first-order valence-corrected chi connectivity index (χ1v) is 7.86. The van der Waals surface area contributed by atoms with E-state index in [1.54, 1.807) is 6.07 Å². The van der Waals surface area contributed by atoms with E-state index in [1.807, 2.05) is 6.07 Å². The zero-order chi connectivity index (χ0) is 15.2. The summed E-state index contributed by atoms with van der Waals surface area (Å²) < 4.78 is 5.68. The molecule has 0 fully saturated rings. The molecule has 21 heavy (non-hydrogen) atoms. The molecule has 0 bridgehead atoms. The van der Waals surface area contributed by atoms with Gasteiger partial charge in [0.25, 0.3) is 0 Å². The van der Waals surface area contributed by atoms with Crippen molar-refractivity contribution in [1.82, 2.24) is 0 Å². The van der Waals surface area contributed by atoms with Crippen LogP contribution in [0.15, 0.2) is 12.1 Å². The topological polar surface area (TPSA) is 55.6 Å². The Morgan fingerprint density at radius 2 is 2.10 bits per heavy atom. The fourth-order valence-corrected chi connectivity index (χ4v) is 2.77. The Bertz CT molecular complexity index is 503. The summed E-state index contributed by atoms with van der Waals surface area (Å²) in [6, 6.07) is 3.54. The van der Waals surface area contributed by atoms with E-state index in [2.05, 4.69) is 18.7 Å². The monoisotopic (exact) mass is 292 g/mol. The number of nitrogens with zero attached hydrogens (tertiary/aromatic N) is 2. The molecule has 1 aliphatic heterocycles. The summed E-state index contributed by atoms with van der Waals surface area (Å²) >= 11 is 0. The average Bonchev–Trinajstić information content (AvgIpc) is 2.88. The van der Waals surface area contributed by atoms with Gasteiger partial charge >= 0.3 is 5.69 Å². The van der Waals surface area contributed by atoms with Crippen LogP contribution < -0.4 is 9.64 Å². The van der Waals surface area contributed by atoms with Crippen molar-refractivity contribution in [1.29, 1.82) is 0 Å². The standard InChI is InChI=1S/C16H24N2O3/c1-3-5-6-7-10-21-16-11-13-8-9-17(4-2)14(13)12-15(16)18(19)20/h11-12H,3-10H2,1-2H3. The van der Waals surface area contributed by atoms with E-state index in [1.165, 1.54) is 12.8 Å². The largest absolute Gasteiger partial charge is 0.487 e. The van der Waals surface area contributed by atoms with Crippen LogP contribution in [0.2, 0.25) is 0 Å². The lowest BCUT2D eigenvalue weighted by molar-refractivity contribution is -0.385. The van der Waals surface area contributed by atoms with Gasteiger partial charge in [0.1, 0.15) is 0 Å². The van der Waals surface area contributed by atoms with Crippen LogP contribution in [0.5, 0.6) is 5.75 Å². The van der Waals surface area contributed by atoms with Crippen LogP contribution in [0.4, 0.5) is 11.4 Å². The molecule has 116 valence electrons. The molecule has 0 saturated carbocycles. The summed E-state index contributed by atoms with van der Waals surface area (Å²) in [6.07, 6.45) is 5.35. The molecule has 0 unspecified atom stereocenters. The van der Waals surface area contributed by atoms with Crippen LogP contribution in [0.3, 0.4) is 0 Å². The maximum atomic E-state index is 11.3. The van der Waals surface area contributed by atoms with Crippen molar-refractivity contribution in [3.05, 3.63) is 27.8 Å². The Morgan fingerprint density at radius 3 is 2.76 bits per heavy atom. The first kappa shape index (κ1) is 15.6. The highest BCUT2D eigenvalue weighted by atomic mass is 16.6. The fraction of sp³-hybridized carbons (Fsp3) is 0.625. The van der Waals surface area contributed by atoms with Gasteiger partial charge < -0.3 is 9.64 Å². The summed E-state index contributed by atoms with van der Waals surface area (Å²) in [5.41, 5.74) is 2.23. The number of nitro benzene ring substituents is 1. The molecule has 0 atom stereocenters. The van der Waals surface area contributed by atoms with Gasteiger partial charge in [-0.25, -0.2) is 0 Å². The number of rotatable bonds is 8. The number of hydrogen-bond acceptors (Lipinski definition) is 4. The number of hydrogen-bond donors (Lipinski definition) is 0. The van der Waals surface area contributed by atoms with Crippen molar-refractivity contribution in [2.75, 3.05) is 24.6 Å². The van der Waals surface area contributed by atoms with Gasteiger partial charge in [0.05, 0.1) is 11.5 Å². The third-order valence-corrected chi connectivity index (χ3v) is 3.99. The Kier molecular flexibility index (Phi) is 5.42. The molecule has 5 nitrogen and oxygen atoms in total. The van der Waals surface area contributed by atoms with Gasteiger partial charge in [-0.3, -0.25) is 10.1 Å². The zero-order valence-corrected chi connectivity index (χ0v) is 12.9. The summed E-state index contributed by atoms with van der Waals surface area (Å²) in [5, 5.41) is 11.3. The number of ether oxygens (including phenoxy) is 1. The Balaban J connectivity index is 2.11. The zero-order valence-electron chi connectivity index (χ0n) is 12.9. The molecule has 1 aromatic carbocycles. The number of unbranched alkanes of at least 4 members (excludes halogenated alkanes) is 3. The number of nitro groups is 1. The van der Waals surface area contributed by atoms with Crippen LogP contribution >= 0.6 is 0 Å². The molecule has 1 aromatic rings. The average molecular weight is 292 g/mol. The number of fused-ring (bicyclic) bond motifs is 1. The lowest BCUT2D eigenvalue weighted by Crippen LogP contribution is -2.19. The van der Waals surface area contributed by atoms with Gasteiger partial charge in [0.2, 0.25) is 0 Å². The molecule has 0 aliphatic carbocycles. The molecular weight excluding hydrogens is 268 g/mol. The minimum Gasteiger partial charge on any atom is -0.487 e. The molecule has 0 spiro atoms. The first-order valence-electron chi connectivity index (χ1n) is 7.86. The van der Waals surface area contributed by atoms with Crippen LogP contribution in [0, 0.1) is 10.1 Å². The molecule has 0 saturated heterocycles. The van der Waals surface area contributed by atoms with Crippen LogP contribution in [-0.2, 0) is 6.42 Å². The molecule has 0 amide bonds. The lowest BCUT2D eigenvalue weighted by Gasteiger charge is -2.17. The summed E-state index contributed by atoms with van der Waals surface area (Å²) in [6.45, 7) is 6.59. The smallest absolute Gasteiger partial charge is 0.313 e. The van der Waals surface area contributed by atoms with Crippen molar-refractivity contribution in [3.63, 3.8) is 0 Å². The predicted molar refractivity (Wildman–Crippen MR) is 84.3 cm³/mol. The van der Waals surface area contributed by atoms with Crippen LogP contribution in [-0.4, -0.2) is 24.6 Å². The highest BCUT2D eigenvalue weighted by Gasteiger charge is 2.25. The lowest BCUT2D eigenvalue weighted by atomic mass is 10.1. The third kappa shape index (κ3) is 3.65. The van der Waals surface area contributed by atoms with Gasteiger partial charge in [0, 0.05) is 24.8 Å². The van der Waals surface area contributed by atoms with Crippen molar-refractivity contribution in [2.24, 2.45) is 0 Å². The van der Waals surface area contributed by atoms with E-state index in [4.69, 9.17) is 4.74 Å². The third-order valence-electron chi connectivity index (χ3n) is 3.99. The Hall–Kier alpha value is -1.78. The second kappa shape index (κ2) is 7.29. The van der Waals surface area contributed by atoms with E-state index < -0.39 is 0 Å². The number of likely N-dealkylation sites (N-methyl/N-ethyl adjacent to an activating group) is 1. The minimum atomic E-state index is -0.339. The maximum absolute atomic E-state index is 11.3. The highest BCUT2D eigenvalue weighted by Crippen LogP contribution is 2.38. The van der Waals surface area contributed by atoms with Crippen molar-refractivity contribution < 1.29 is 9.66 Å². The molecular formula is C16H24N2O3. The molecule has 0 aromatic heterocycles. The SMILES string of the molecule is CCCCCCOc1cc2c(cc1[N+](=O)[O-])N(CC)CC2. The van der Waals surface area contributed by atoms with E-state index in [-0.39, 0.29) is 10.6 Å². The Morgan fingerprint density at radius 1 is 1.29 bits per heavy atom. The van der Waals surface area contributed by atoms with Gasteiger partial charge in [-0.05, 0) is 31.4 Å². The molecule has 0 radical (unpaired) electrons. The van der Waals surface area contributed by atoms with Gasteiger partial charge in [-0.15, -0.1) is 0 Å². The second-order valence-electron chi connectivity index (χ2n) is 5.44. The quantitative estimate of drug-likeness (QED) is 0.414. The maximum Gasteiger partial charge on any atom is 0.313 e. The van der Waals surface area contributed by atoms with Crippen LogP contribution in [0.25, 0.3) is 0 Å². The molecule has 5 heteroatoms. The van der Waals surface area contributed by atoms with Gasteiger partial charge in [-0.2, -0.15) is 0 Å². The van der Waals surface area contributed by atoms with Crippen molar-refractivity contribution in [2.45, 2.75) is 46.0 Å². The second-order valence-corrected chi connectivity index (χ2v) is 5.44. The minimum absolute atomic E-state index is 0.0876. The number of benzene rings is 1. The summed E-state index contributed by atoms with van der Waals surface area (Å²) in [5.74, 6) is 0.424. The predicted octanol–water partition coefficient (Wildman–Crippen LogP) is 3.94. The van der Waals surface area contributed by atoms with E-state index in [0.29, 0.717) is 12.4 Å². The normalized spacial score (nSPS) is 13.3. The van der Waals surface area contributed by atoms with Crippen molar-refractivity contribution >= 4 is 11.4 Å². The highest BCUT2D eigenvalue weighted by molar-refractivity contribution is 5.67. The molecule has 1 heterocycles. The van der Waals surface area contributed by atoms with E-state index in [0.717, 1.165) is 43.6 Å². The van der Waals surface area contributed by atoms with Crippen LogP contribution in [0.1, 0.15) is 45.1 Å². The van der Waals surface area contributed by atoms with E-state index >= 15 is 0 Å². The summed E-state index contributed by atoms with van der Waals surface area (Å²) in [4.78, 5) is 13.1. The van der Waals surface area contributed by atoms with Gasteiger partial charge in [0.15, 0.2) is 5.75 Å². The molecule has 1 aliphatic rings. The Labute approximate surface area is 126 Å². The molecule has 2 rings (SSSR count). The van der Waals surface area contributed by atoms with E-state index in [9.17, 15) is 10.1 Å². The van der Waals surface area contributed by atoms with Crippen molar-refractivity contribution in [3.8, 4) is 5.75 Å². The first-order chi connectivity index (χ1) is 10.2. The molecule has 0 N–H and O–H groups in total. The van der Waals surface area contributed by atoms with Gasteiger partial charge in [-0.1, -0.05) is 26.2 Å². The summed E-state index contributed by atoms with van der Waals surface area (Å²) in [7, 11) is 0.